The Kier molecular flexibility index (Phi) is 3.28. The van der Waals surface area contributed by atoms with Gasteiger partial charge < -0.3 is 4.74 Å². The second kappa shape index (κ2) is 4.72. The summed E-state index contributed by atoms with van der Waals surface area (Å²) in [5.74, 6) is -0.990. The number of benzene rings is 1. The van der Waals surface area contributed by atoms with Gasteiger partial charge >= 0.3 is 5.97 Å². The van der Waals surface area contributed by atoms with Crippen LogP contribution >= 0.6 is 0 Å². The van der Waals surface area contributed by atoms with Crippen LogP contribution in [0.15, 0.2) is 30.3 Å². The number of methoxy groups -OCH3 is 1. The molecule has 1 fully saturated rings. The lowest BCUT2D eigenvalue weighted by atomic mass is 9.64. The lowest BCUT2D eigenvalue weighted by Gasteiger charge is -2.36. The minimum Gasteiger partial charge on any atom is -0.468 e. The van der Waals surface area contributed by atoms with E-state index in [1.807, 2.05) is 0 Å². The fourth-order valence-electron chi connectivity index (χ4n) is 2.20. The topological polar surface area (TPSA) is 60.4 Å². The van der Waals surface area contributed by atoms with Crippen molar-refractivity contribution in [1.82, 2.24) is 0 Å². The first-order valence-corrected chi connectivity index (χ1v) is 5.80. The molecule has 0 N–H and O–H groups in total. The van der Waals surface area contributed by atoms with Crippen LogP contribution in [0.4, 0.5) is 0 Å². The Labute approximate surface area is 105 Å². The van der Waals surface area contributed by atoms with Crippen LogP contribution in [0.5, 0.6) is 0 Å². The van der Waals surface area contributed by atoms with E-state index in [0.717, 1.165) is 0 Å². The van der Waals surface area contributed by atoms with Crippen LogP contribution in [-0.2, 0) is 14.3 Å². The van der Waals surface area contributed by atoms with Crippen LogP contribution in [0.25, 0.3) is 0 Å². The minimum atomic E-state index is -1.23. The van der Waals surface area contributed by atoms with Gasteiger partial charge in [0.05, 0.1) is 7.11 Å². The highest BCUT2D eigenvalue weighted by molar-refractivity contribution is 6.13. The molecule has 1 aliphatic carbocycles. The highest BCUT2D eigenvalue weighted by atomic mass is 16.5. The number of hydrogen-bond donors (Lipinski definition) is 0. The van der Waals surface area contributed by atoms with Gasteiger partial charge in [0.1, 0.15) is 5.41 Å². The van der Waals surface area contributed by atoms with E-state index < -0.39 is 11.4 Å². The summed E-state index contributed by atoms with van der Waals surface area (Å²) in [5, 5.41) is 0. The first kappa shape index (κ1) is 12.5. The van der Waals surface area contributed by atoms with Crippen LogP contribution in [0.2, 0.25) is 0 Å². The van der Waals surface area contributed by atoms with Gasteiger partial charge in [-0.2, -0.15) is 0 Å². The number of esters is 1. The summed E-state index contributed by atoms with van der Waals surface area (Å²) < 4.78 is 4.65. The van der Waals surface area contributed by atoms with Gasteiger partial charge in [-0.15, -0.1) is 0 Å². The number of carbonyl (C=O) groups is 3. The molecule has 1 atom stereocenters. The van der Waals surface area contributed by atoms with Crippen molar-refractivity contribution in [2.75, 3.05) is 7.11 Å². The Morgan fingerprint density at radius 3 is 2.39 bits per heavy atom. The summed E-state index contributed by atoms with van der Waals surface area (Å²) in [4.78, 5) is 35.4. The Morgan fingerprint density at radius 2 is 1.94 bits per heavy atom. The van der Waals surface area contributed by atoms with Crippen LogP contribution < -0.4 is 0 Å². The van der Waals surface area contributed by atoms with E-state index in [-0.39, 0.29) is 18.0 Å². The first-order valence-electron chi connectivity index (χ1n) is 5.80. The molecule has 1 unspecified atom stereocenters. The highest BCUT2D eigenvalue weighted by Crippen LogP contribution is 2.42. The number of ketones is 2. The van der Waals surface area contributed by atoms with E-state index in [1.165, 1.54) is 7.11 Å². The Bertz CT molecular complexity index is 492. The smallest absolute Gasteiger partial charge is 0.319 e. The summed E-state index contributed by atoms with van der Waals surface area (Å²) in [6.07, 6.45) is 0.650. The predicted molar refractivity (Wildman–Crippen MR) is 64.1 cm³/mol. The maximum Gasteiger partial charge on any atom is 0.319 e. The molecule has 1 saturated carbocycles. The Morgan fingerprint density at radius 1 is 1.28 bits per heavy atom. The zero-order valence-electron chi connectivity index (χ0n) is 10.1. The van der Waals surface area contributed by atoms with Gasteiger partial charge in [-0.3, -0.25) is 14.4 Å². The van der Waals surface area contributed by atoms with Crippen LogP contribution in [0, 0.1) is 5.41 Å². The Hall–Kier alpha value is -1.97. The summed E-state index contributed by atoms with van der Waals surface area (Å²) in [6.45, 7) is 0. The largest absolute Gasteiger partial charge is 0.468 e. The van der Waals surface area contributed by atoms with Crippen molar-refractivity contribution in [3.05, 3.63) is 35.9 Å². The van der Waals surface area contributed by atoms with E-state index in [0.29, 0.717) is 18.4 Å². The second-order valence-corrected chi connectivity index (χ2v) is 4.46. The zero-order chi connectivity index (χ0) is 13.2. The molecule has 94 valence electrons. The van der Waals surface area contributed by atoms with Crippen LogP contribution in [-0.4, -0.2) is 24.6 Å². The van der Waals surface area contributed by atoms with Gasteiger partial charge in [-0.25, -0.2) is 0 Å². The van der Waals surface area contributed by atoms with Gasteiger partial charge in [0.2, 0.25) is 0 Å². The molecule has 0 amide bonds. The lowest BCUT2D eigenvalue weighted by Crippen LogP contribution is -2.49. The van der Waals surface area contributed by atoms with Crippen molar-refractivity contribution in [2.24, 2.45) is 5.41 Å². The molecule has 0 radical (unpaired) electrons. The molecule has 1 aliphatic rings. The highest BCUT2D eigenvalue weighted by Gasteiger charge is 2.54. The molecule has 2 rings (SSSR count). The molecule has 4 heteroatoms. The van der Waals surface area contributed by atoms with Crippen molar-refractivity contribution < 1.29 is 19.1 Å². The number of hydrogen-bond acceptors (Lipinski definition) is 4. The number of rotatable bonds is 4. The van der Waals surface area contributed by atoms with Gasteiger partial charge in [-0.05, 0) is 6.42 Å². The SMILES string of the molecule is COC(=O)C1(CC(=O)c2ccccc2)CCC1=O. The third-order valence-corrected chi connectivity index (χ3v) is 3.45. The van der Waals surface area contributed by atoms with Crippen LogP contribution in [0.3, 0.4) is 0 Å². The third-order valence-electron chi connectivity index (χ3n) is 3.45. The molecule has 0 saturated heterocycles. The zero-order valence-corrected chi connectivity index (χ0v) is 10.1. The van der Waals surface area contributed by atoms with E-state index in [9.17, 15) is 14.4 Å². The molecule has 4 nitrogen and oxygen atoms in total. The maximum absolute atomic E-state index is 12.1. The molecule has 1 aromatic rings. The number of ether oxygens (including phenoxy) is 1. The summed E-state index contributed by atoms with van der Waals surface area (Å²) >= 11 is 0. The van der Waals surface area contributed by atoms with Gasteiger partial charge in [0.25, 0.3) is 0 Å². The molecule has 0 aromatic heterocycles. The van der Waals surface area contributed by atoms with E-state index in [2.05, 4.69) is 4.74 Å². The molecule has 1 aromatic carbocycles. The third kappa shape index (κ3) is 1.94. The maximum atomic E-state index is 12.1. The van der Waals surface area contributed by atoms with Crippen molar-refractivity contribution >= 4 is 17.5 Å². The van der Waals surface area contributed by atoms with Crippen molar-refractivity contribution in [1.29, 1.82) is 0 Å². The van der Waals surface area contributed by atoms with Gasteiger partial charge in [0, 0.05) is 18.4 Å². The van der Waals surface area contributed by atoms with Crippen LogP contribution in [0.1, 0.15) is 29.6 Å². The molecule has 0 bridgehead atoms. The number of Topliss-reactive ketones (excluding diaryl/α,β-unsaturated/α-hetero) is 2. The number of carbonyl (C=O) groups excluding carboxylic acids is 3. The molecule has 0 spiro atoms. The van der Waals surface area contributed by atoms with E-state index in [1.54, 1.807) is 30.3 Å². The quantitative estimate of drug-likeness (QED) is 0.461. The average Bonchev–Trinajstić information content (AvgIpc) is 2.42. The van der Waals surface area contributed by atoms with Crippen molar-refractivity contribution in [3.8, 4) is 0 Å². The normalized spacial score (nSPS) is 22.2. The van der Waals surface area contributed by atoms with E-state index >= 15 is 0 Å². The molecule has 0 heterocycles. The fourth-order valence-corrected chi connectivity index (χ4v) is 2.20. The Balaban J connectivity index is 2.19. The van der Waals surface area contributed by atoms with Crippen molar-refractivity contribution in [2.45, 2.75) is 19.3 Å². The first-order chi connectivity index (χ1) is 8.60. The molecule has 0 aliphatic heterocycles. The van der Waals surface area contributed by atoms with Gasteiger partial charge in [-0.1, -0.05) is 30.3 Å². The monoisotopic (exact) mass is 246 g/mol. The van der Waals surface area contributed by atoms with Gasteiger partial charge in [0.15, 0.2) is 11.6 Å². The summed E-state index contributed by atoms with van der Waals surface area (Å²) in [5.41, 5.74) is -0.720. The average molecular weight is 246 g/mol. The van der Waals surface area contributed by atoms with E-state index in [4.69, 9.17) is 0 Å². The summed E-state index contributed by atoms with van der Waals surface area (Å²) in [6, 6.07) is 8.66. The molecular formula is C14H14O4. The fraction of sp³-hybridized carbons (Fsp3) is 0.357. The molecule has 18 heavy (non-hydrogen) atoms. The minimum absolute atomic E-state index is 0.0947. The predicted octanol–water partition coefficient (Wildman–Crippen LogP) is 1.78. The molecular weight excluding hydrogens is 232 g/mol. The standard InChI is InChI=1S/C14H14O4/c1-18-13(17)14(8-7-12(14)16)9-11(15)10-5-3-2-4-6-10/h2-6H,7-9H2,1H3. The second-order valence-electron chi connectivity index (χ2n) is 4.46. The van der Waals surface area contributed by atoms with Crippen molar-refractivity contribution in [3.63, 3.8) is 0 Å². The summed E-state index contributed by atoms with van der Waals surface area (Å²) in [7, 11) is 1.24. The lowest BCUT2D eigenvalue weighted by molar-refractivity contribution is -0.164.